The minimum absolute atomic E-state index is 0.0215. The van der Waals surface area contributed by atoms with Crippen molar-refractivity contribution in [3.05, 3.63) is 23.9 Å². The summed E-state index contributed by atoms with van der Waals surface area (Å²) in [5, 5.41) is 9.05. The molecule has 0 radical (unpaired) electrons. The first kappa shape index (κ1) is 17.0. The van der Waals surface area contributed by atoms with Gasteiger partial charge < -0.3 is 14.7 Å². The van der Waals surface area contributed by atoms with Gasteiger partial charge >= 0.3 is 12.1 Å². The zero-order valence-electron chi connectivity index (χ0n) is 12.9. The second-order valence-corrected chi connectivity index (χ2v) is 6.19. The molecule has 6 nitrogen and oxygen atoms in total. The maximum atomic E-state index is 12.9. The van der Waals surface area contributed by atoms with Gasteiger partial charge in [0, 0.05) is 31.7 Å². The highest BCUT2D eigenvalue weighted by atomic mass is 19.4. The van der Waals surface area contributed by atoms with E-state index < -0.39 is 17.7 Å². The van der Waals surface area contributed by atoms with Crippen molar-refractivity contribution in [2.24, 2.45) is 5.92 Å². The van der Waals surface area contributed by atoms with E-state index in [2.05, 4.69) is 4.98 Å². The second-order valence-electron chi connectivity index (χ2n) is 6.19. The van der Waals surface area contributed by atoms with E-state index in [4.69, 9.17) is 9.84 Å². The Balaban J connectivity index is 1.84. The summed E-state index contributed by atoms with van der Waals surface area (Å²) in [6, 6.07) is 1.80. The molecule has 2 saturated heterocycles. The van der Waals surface area contributed by atoms with E-state index in [1.807, 2.05) is 4.90 Å². The molecule has 2 bridgehead atoms. The number of carboxylic acid groups (broad SMARTS) is 1. The third-order valence-electron chi connectivity index (χ3n) is 4.32. The number of rotatable bonds is 3. The Labute approximate surface area is 136 Å². The Kier molecular flexibility index (Phi) is 4.64. The van der Waals surface area contributed by atoms with E-state index in [-0.39, 0.29) is 24.3 Å². The van der Waals surface area contributed by atoms with Gasteiger partial charge in [0.25, 0.3) is 0 Å². The molecular formula is C15H18F3N3O3. The van der Waals surface area contributed by atoms with E-state index >= 15 is 0 Å². The molecule has 0 aliphatic carbocycles. The van der Waals surface area contributed by atoms with Crippen LogP contribution in [0.2, 0.25) is 0 Å². The number of ether oxygens (including phenoxy) is 1. The van der Waals surface area contributed by atoms with Gasteiger partial charge in [-0.2, -0.15) is 13.2 Å². The maximum Gasteiger partial charge on any atom is 0.416 e. The topological polar surface area (TPSA) is 65.9 Å². The van der Waals surface area contributed by atoms with Crippen LogP contribution in [-0.4, -0.2) is 66.4 Å². The summed E-state index contributed by atoms with van der Waals surface area (Å²) in [4.78, 5) is 18.8. The van der Waals surface area contributed by atoms with E-state index in [0.29, 0.717) is 32.8 Å². The van der Waals surface area contributed by atoms with Crippen LogP contribution in [0.4, 0.5) is 19.0 Å². The van der Waals surface area contributed by atoms with E-state index in [1.54, 1.807) is 4.90 Å². The van der Waals surface area contributed by atoms with Crippen LogP contribution in [-0.2, 0) is 15.7 Å². The van der Waals surface area contributed by atoms with Crippen molar-refractivity contribution in [2.75, 3.05) is 44.3 Å². The van der Waals surface area contributed by atoms with Gasteiger partial charge in [0.2, 0.25) is 0 Å². The number of hydrogen-bond acceptors (Lipinski definition) is 5. The first-order valence-corrected chi connectivity index (χ1v) is 7.64. The number of pyridine rings is 1. The molecule has 0 unspecified atom stereocenters. The Hall–Kier alpha value is -1.87. The summed E-state index contributed by atoms with van der Waals surface area (Å²) in [5.41, 5.74) is -0.736. The molecule has 1 aromatic rings. The predicted octanol–water partition coefficient (Wildman–Crippen LogP) is 1.32. The van der Waals surface area contributed by atoms with Gasteiger partial charge in [0.05, 0.1) is 31.4 Å². The molecule has 0 saturated carbocycles. The normalized spacial score (nSPS) is 25.4. The van der Waals surface area contributed by atoms with Gasteiger partial charge in [-0.1, -0.05) is 0 Å². The van der Waals surface area contributed by atoms with Crippen LogP contribution in [0.1, 0.15) is 5.56 Å². The second kappa shape index (κ2) is 6.56. The van der Waals surface area contributed by atoms with Gasteiger partial charge in [-0.05, 0) is 12.1 Å². The summed E-state index contributed by atoms with van der Waals surface area (Å²) in [5.74, 6) is -0.640. The number of nitrogens with zero attached hydrogens (tertiary/aromatic N) is 3. The summed E-state index contributed by atoms with van der Waals surface area (Å²) in [6.45, 7) is 2.14. The van der Waals surface area contributed by atoms with E-state index in [0.717, 1.165) is 18.3 Å². The van der Waals surface area contributed by atoms with Crippen molar-refractivity contribution in [1.82, 2.24) is 9.88 Å². The molecule has 0 aromatic carbocycles. The molecule has 2 aliphatic rings. The number of aliphatic carboxylic acids is 1. The van der Waals surface area contributed by atoms with Crippen molar-refractivity contribution in [1.29, 1.82) is 0 Å². The summed E-state index contributed by atoms with van der Waals surface area (Å²) in [7, 11) is 0. The fourth-order valence-electron chi connectivity index (χ4n) is 3.25. The van der Waals surface area contributed by atoms with Crippen LogP contribution in [0.5, 0.6) is 0 Å². The minimum atomic E-state index is -4.42. The molecule has 2 atom stereocenters. The van der Waals surface area contributed by atoms with Crippen molar-refractivity contribution in [2.45, 2.75) is 12.2 Å². The number of fused-ring (bicyclic) bond motifs is 3. The first-order chi connectivity index (χ1) is 11.3. The summed E-state index contributed by atoms with van der Waals surface area (Å²) in [6.07, 6.45) is -3.26. The molecule has 3 rings (SSSR count). The molecule has 1 aromatic heterocycles. The molecule has 2 aliphatic heterocycles. The molecule has 132 valence electrons. The fraction of sp³-hybridized carbons (Fsp3) is 0.600. The molecule has 0 amide bonds. The fourth-order valence-corrected chi connectivity index (χ4v) is 3.25. The minimum Gasteiger partial charge on any atom is -0.480 e. The predicted molar refractivity (Wildman–Crippen MR) is 78.8 cm³/mol. The number of carboxylic acids is 1. The van der Waals surface area contributed by atoms with Gasteiger partial charge in [-0.15, -0.1) is 0 Å². The lowest BCUT2D eigenvalue weighted by molar-refractivity contribution is -0.139. The van der Waals surface area contributed by atoms with Crippen molar-refractivity contribution in [3.63, 3.8) is 0 Å². The smallest absolute Gasteiger partial charge is 0.416 e. The zero-order valence-corrected chi connectivity index (χ0v) is 12.9. The lowest BCUT2D eigenvalue weighted by Crippen LogP contribution is -2.46. The number of alkyl halides is 3. The summed E-state index contributed by atoms with van der Waals surface area (Å²) >= 11 is 0. The maximum absolute atomic E-state index is 12.9. The highest BCUT2D eigenvalue weighted by Gasteiger charge is 2.36. The van der Waals surface area contributed by atoms with Crippen LogP contribution < -0.4 is 4.90 Å². The molecule has 24 heavy (non-hydrogen) atoms. The summed E-state index contributed by atoms with van der Waals surface area (Å²) < 4.78 is 44.3. The number of anilines is 1. The molecule has 0 spiro atoms. The molecule has 1 N–H and O–H groups in total. The van der Waals surface area contributed by atoms with Gasteiger partial charge in [0.1, 0.15) is 5.82 Å². The average molecular weight is 345 g/mol. The van der Waals surface area contributed by atoms with E-state index in [1.165, 1.54) is 0 Å². The standard InChI is InChI=1S/C15H18F3N3O3/c16-15(17,18)11-1-2-19-13(3-11)21-5-10-4-20(7-14(22)23)12(6-21)9-24-8-10/h1-3,10,12H,4-9H2,(H,22,23)/t10-,12+/m1/s1. The highest BCUT2D eigenvalue weighted by molar-refractivity contribution is 5.69. The average Bonchev–Trinajstić information content (AvgIpc) is 2.75. The number of aromatic nitrogens is 1. The highest BCUT2D eigenvalue weighted by Crippen LogP contribution is 2.31. The monoisotopic (exact) mass is 345 g/mol. The zero-order chi connectivity index (χ0) is 17.3. The number of halogens is 3. The van der Waals surface area contributed by atoms with Gasteiger partial charge in [0.15, 0.2) is 0 Å². The van der Waals surface area contributed by atoms with Crippen molar-refractivity contribution in [3.8, 4) is 0 Å². The molecule has 3 heterocycles. The van der Waals surface area contributed by atoms with E-state index in [9.17, 15) is 18.0 Å². The van der Waals surface area contributed by atoms with Crippen molar-refractivity contribution >= 4 is 11.8 Å². The molecule has 9 heteroatoms. The largest absolute Gasteiger partial charge is 0.480 e. The third kappa shape index (κ3) is 3.78. The Morgan fingerprint density at radius 2 is 2.12 bits per heavy atom. The molecular weight excluding hydrogens is 327 g/mol. The third-order valence-corrected chi connectivity index (χ3v) is 4.32. The van der Waals surface area contributed by atoms with Crippen LogP contribution in [0.15, 0.2) is 18.3 Å². The lowest BCUT2D eigenvalue weighted by atomic mass is 10.1. The first-order valence-electron chi connectivity index (χ1n) is 7.64. The quantitative estimate of drug-likeness (QED) is 0.891. The molecule has 2 fully saturated rings. The van der Waals surface area contributed by atoms with Crippen LogP contribution >= 0.6 is 0 Å². The van der Waals surface area contributed by atoms with Gasteiger partial charge in [-0.3, -0.25) is 9.69 Å². The van der Waals surface area contributed by atoms with Gasteiger partial charge in [-0.25, -0.2) is 4.98 Å². The Morgan fingerprint density at radius 3 is 2.83 bits per heavy atom. The Morgan fingerprint density at radius 1 is 1.33 bits per heavy atom. The number of hydrogen-bond donors (Lipinski definition) is 1. The lowest BCUT2D eigenvalue weighted by Gasteiger charge is -2.31. The van der Waals surface area contributed by atoms with Crippen molar-refractivity contribution < 1.29 is 27.8 Å². The van der Waals surface area contributed by atoms with Crippen LogP contribution in [0, 0.1) is 5.92 Å². The SMILES string of the molecule is O=C(O)CN1C[C@H]2COC[C@@H]1CN(c1cc(C(F)(F)F)ccn1)C2. The van der Waals surface area contributed by atoms with Crippen LogP contribution in [0.3, 0.4) is 0 Å². The number of carbonyl (C=O) groups is 1. The van der Waals surface area contributed by atoms with Crippen LogP contribution in [0.25, 0.3) is 0 Å². The Bertz CT molecular complexity index is 611.